The summed E-state index contributed by atoms with van der Waals surface area (Å²) in [7, 11) is 0. The van der Waals surface area contributed by atoms with Crippen LogP contribution in [-0.2, 0) is 6.42 Å². The largest absolute Gasteiger partial charge is 0.456 e. The summed E-state index contributed by atoms with van der Waals surface area (Å²) in [5.74, 6) is 3.72. The average Bonchev–Trinajstić information content (AvgIpc) is 1.57. The number of hydrogen-bond acceptors (Lipinski definition) is 8. The average molecular weight is 1650 g/mol. The van der Waals surface area contributed by atoms with Gasteiger partial charge in [0.15, 0.2) is 34.9 Å². The molecule has 0 saturated carbocycles. The minimum Gasteiger partial charge on any atom is -0.456 e. The fourth-order valence-electron chi connectivity index (χ4n) is 18.6. The highest BCUT2D eigenvalue weighted by atomic mass is 35.5. The van der Waals surface area contributed by atoms with E-state index < -0.39 is 0 Å². The summed E-state index contributed by atoms with van der Waals surface area (Å²) in [4.78, 5) is 30.0. The lowest BCUT2D eigenvalue weighted by Crippen LogP contribution is -2.01. The summed E-state index contributed by atoms with van der Waals surface area (Å²) in [6.07, 6.45) is 1.06. The number of furan rings is 2. The van der Waals surface area contributed by atoms with Crippen LogP contribution < -0.4 is 0 Å². The Labute approximate surface area is 734 Å². The van der Waals surface area contributed by atoms with Gasteiger partial charge in [-0.2, -0.15) is 0 Å². The van der Waals surface area contributed by atoms with E-state index in [2.05, 4.69) is 262 Å². The van der Waals surface area contributed by atoms with Crippen LogP contribution in [0.2, 0.25) is 5.02 Å². The molecule has 11 nitrogen and oxygen atoms in total. The highest BCUT2D eigenvalue weighted by Crippen LogP contribution is 2.46. The number of rotatable bonds is 11. The van der Waals surface area contributed by atoms with Crippen LogP contribution in [0.3, 0.4) is 0 Å². The van der Waals surface area contributed by atoms with Crippen LogP contribution in [0.15, 0.2) is 433 Å². The molecule has 7 aromatic heterocycles. The Morgan fingerprint density at radius 2 is 0.535 bits per heavy atom. The Morgan fingerprint density at radius 1 is 0.189 bits per heavy atom. The highest BCUT2D eigenvalue weighted by molar-refractivity contribution is 6.32. The quantitative estimate of drug-likeness (QED) is 0.126. The summed E-state index contributed by atoms with van der Waals surface area (Å²) < 4.78 is 19.8. The number of halogens is 1. The number of aromatic nitrogens is 9. The fourth-order valence-corrected chi connectivity index (χ4v) is 18.8. The Kier molecular flexibility index (Phi) is 18.1. The first kappa shape index (κ1) is 74.1. The summed E-state index contributed by atoms with van der Waals surface area (Å²) in [5.41, 5.74) is 29.2. The van der Waals surface area contributed by atoms with Crippen LogP contribution in [0, 0.1) is 0 Å². The minimum atomic E-state index is 0.603. The van der Waals surface area contributed by atoms with Crippen molar-refractivity contribution < 1.29 is 8.83 Å². The van der Waals surface area contributed by atoms with Gasteiger partial charge < -0.3 is 22.5 Å². The van der Waals surface area contributed by atoms with Crippen LogP contribution in [-0.4, -0.2) is 43.6 Å². The lowest BCUT2D eigenvalue weighted by Gasteiger charge is -2.13. The Balaban J connectivity index is 0.000000121. The lowest BCUT2D eigenvalue weighted by molar-refractivity contribution is 0.669. The van der Waals surface area contributed by atoms with Crippen molar-refractivity contribution in [1.82, 2.24) is 43.6 Å². The number of nitrogens with zero attached hydrogens (tertiary/aromatic N) is 9. The maximum atomic E-state index is 6.59. The molecular formula is C115H72ClN9O2. The SMILES string of the molecule is Clc1ccc2c3cc4oc5ccccc5c4cc3n(-c3cccc(-c4nc(-c5ccccc5)nc(-c5ccccc5)n4)c3)c2c1.c1ccc(-c2ccc3c(c2)Cc2ccccc2-3)cc1.c1ccc(-c2ccc3c4ccccc4n(-c4ccc5c6cc7oc8ccccc8c7cc6n(-c6cccc(-c7nc(-c8ccccc8)nc(-c8ccccc8)n7)c6)c5c4)c3c2)cc1. The second kappa shape index (κ2) is 31.0. The van der Waals surface area contributed by atoms with Gasteiger partial charge in [0.25, 0.3) is 0 Å². The van der Waals surface area contributed by atoms with Gasteiger partial charge in [-0.15, -0.1) is 0 Å². The van der Waals surface area contributed by atoms with Crippen molar-refractivity contribution in [2.75, 3.05) is 0 Å². The fraction of sp³-hybridized carbons (Fsp3) is 0.00870. The van der Waals surface area contributed by atoms with Crippen molar-refractivity contribution in [3.05, 3.63) is 441 Å². The predicted octanol–water partition coefficient (Wildman–Crippen LogP) is 30.1. The zero-order valence-corrected chi connectivity index (χ0v) is 69.1. The molecule has 26 rings (SSSR count). The smallest absolute Gasteiger partial charge is 0.164 e. The molecular weight excluding hydrogens is 1570 g/mol. The molecule has 0 aliphatic heterocycles. The molecule has 25 aromatic rings. The van der Waals surface area contributed by atoms with E-state index in [0.29, 0.717) is 40.0 Å². The monoisotopic (exact) mass is 1650 g/mol. The molecule has 596 valence electrons. The van der Waals surface area contributed by atoms with E-state index in [1.807, 2.05) is 176 Å². The molecule has 0 spiro atoms. The first-order chi connectivity index (χ1) is 62.8. The minimum absolute atomic E-state index is 0.603. The van der Waals surface area contributed by atoms with Gasteiger partial charge in [-0.1, -0.05) is 339 Å². The zero-order valence-electron chi connectivity index (χ0n) is 68.3. The van der Waals surface area contributed by atoms with E-state index in [4.69, 9.17) is 50.3 Å². The third-order valence-corrected chi connectivity index (χ3v) is 24.8. The second-order valence-electron chi connectivity index (χ2n) is 32.2. The van der Waals surface area contributed by atoms with Crippen molar-refractivity contribution in [2.45, 2.75) is 6.42 Å². The maximum Gasteiger partial charge on any atom is 0.164 e. The van der Waals surface area contributed by atoms with Crippen LogP contribution in [0.5, 0.6) is 0 Å². The molecule has 1 aliphatic rings. The molecule has 18 aromatic carbocycles. The molecule has 12 heteroatoms. The van der Waals surface area contributed by atoms with E-state index >= 15 is 0 Å². The van der Waals surface area contributed by atoms with E-state index in [1.165, 1.54) is 55.3 Å². The van der Waals surface area contributed by atoms with Crippen molar-refractivity contribution in [3.63, 3.8) is 0 Å². The Bertz CT molecular complexity index is 8510. The predicted molar refractivity (Wildman–Crippen MR) is 520 cm³/mol. The van der Waals surface area contributed by atoms with Crippen molar-refractivity contribution in [1.29, 1.82) is 0 Å². The Morgan fingerprint density at radius 3 is 1.05 bits per heavy atom. The normalized spacial score (nSPS) is 11.8. The van der Waals surface area contributed by atoms with Crippen molar-refractivity contribution >= 4 is 121 Å². The van der Waals surface area contributed by atoms with E-state index in [1.54, 1.807) is 0 Å². The van der Waals surface area contributed by atoms with Gasteiger partial charge in [0, 0.05) is 109 Å². The molecule has 0 N–H and O–H groups in total. The summed E-state index contributed by atoms with van der Waals surface area (Å²) in [6.45, 7) is 0. The van der Waals surface area contributed by atoms with E-state index in [-0.39, 0.29) is 0 Å². The summed E-state index contributed by atoms with van der Waals surface area (Å²) >= 11 is 6.59. The standard InChI is InChI=1S/C57H35N5O.C39H23ClN4O.C19H14/c1-4-15-36(16-5-1)39-27-29-44-43-23-10-12-25-49(43)61(50(44)32-39)42-28-30-45-47-35-54-48(46-24-11-13-26-53(46)63-54)34-52(47)62(51(45)33-42)41-22-14-21-40(31-41)57-59-55(37-17-6-2-7-18-37)58-56(60-57)38-19-8-3-9-20-38;40-27-18-19-29-31-23-36-32(30-16-7-8-17-35(30)45-36)22-34(31)44(33(29)21-27)28-15-9-14-26(20-28)39-42-37(24-10-3-1-4-11-24)41-38(43-39)25-12-5-2-6-13-25;1-2-6-14(7-3-1)15-10-11-19-17(12-15)13-16-8-4-5-9-18(16)19/h1-35H;1-23H;1-12H,13H2. The van der Waals surface area contributed by atoms with E-state index in [9.17, 15) is 0 Å². The summed E-state index contributed by atoms with van der Waals surface area (Å²) in [6, 6.07) is 148. The molecule has 0 fully saturated rings. The number of hydrogen-bond donors (Lipinski definition) is 0. The molecule has 7 heterocycles. The molecule has 1 aliphatic carbocycles. The Hall–Kier alpha value is -16.7. The van der Waals surface area contributed by atoms with Crippen LogP contribution in [0.4, 0.5) is 0 Å². The maximum absolute atomic E-state index is 6.59. The van der Waals surface area contributed by atoms with E-state index in [0.717, 1.165) is 155 Å². The van der Waals surface area contributed by atoms with Crippen LogP contribution in [0.25, 0.3) is 228 Å². The molecule has 0 amide bonds. The van der Waals surface area contributed by atoms with Gasteiger partial charge >= 0.3 is 0 Å². The van der Waals surface area contributed by atoms with Gasteiger partial charge in [0.1, 0.15) is 22.3 Å². The first-order valence-electron chi connectivity index (χ1n) is 42.6. The molecule has 0 saturated heterocycles. The molecule has 0 atom stereocenters. The van der Waals surface area contributed by atoms with Crippen LogP contribution >= 0.6 is 11.6 Å². The van der Waals surface area contributed by atoms with Crippen molar-refractivity contribution in [3.8, 4) is 119 Å². The summed E-state index contributed by atoms with van der Waals surface area (Å²) in [5, 5.41) is 11.9. The number of benzene rings is 18. The number of fused-ring (bicyclic) bond motifs is 18. The van der Waals surface area contributed by atoms with Gasteiger partial charge in [-0.3, -0.25) is 0 Å². The highest BCUT2D eigenvalue weighted by Gasteiger charge is 2.25. The van der Waals surface area contributed by atoms with Gasteiger partial charge in [-0.25, -0.2) is 29.9 Å². The number of para-hydroxylation sites is 3. The molecule has 127 heavy (non-hydrogen) atoms. The van der Waals surface area contributed by atoms with Crippen molar-refractivity contribution in [2.24, 2.45) is 0 Å². The second-order valence-corrected chi connectivity index (χ2v) is 32.6. The van der Waals surface area contributed by atoms with Gasteiger partial charge in [-0.05, 0) is 148 Å². The van der Waals surface area contributed by atoms with Gasteiger partial charge in [0.05, 0.1) is 33.1 Å². The molecule has 0 radical (unpaired) electrons. The third kappa shape index (κ3) is 13.3. The van der Waals surface area contributed by atoms with Crippen LogP contribution in [0.1, 0.15) is 11.1 Å². The third-order valence-electron chi connectivity index (χ3n) is 24.5. The molecule has 0 bridgehead atoms. The zero-order chi connectivity index (χ0) is 84.0. The first-order valence-corrected chi connectivity index (χ1v) is 43.0. The topological polar surface area (TPSA) is 118 Å². The molecule has 0 unspecified atom stereocenters. The lowest BCUT2D eigenvalue weighted by atomic mass is 9.99. The van der Waals surface area contributed by atoms with Gasteiger partial charge in [0.2, 0.25) is 0 Å².